The van der Waals surface area contributed by atoms with Crippen molar-refractivity contribution in [2.45, 2.75) is 19.8 Å². The van der Waals surface area contributed by atoms with Crippen molar-refractivity contribution in [1.82, 2.24) is 9.55 Å². The van der Waals surface area contributed by atoms with E-state index in [0.29, 0.717) is 5.92 Å². The number of aryl methyl sites for hydroxylation is 1. The molecule has 0 aliphatic carbocycles. The maximum atomic E-state index is 4.53. The Hall–Kier alpha value is -2.09. The Kier molecular flexibility index (Phi) is 2.86. The summed E-state index contributed by atoms with van der Waals surface area (Å²) in [5.74, 6) is 0.548. The average Bonchev–Trinajstić information content (AvgIpc) is 2.80. The zero-order valence-corrected chi connectivity index (χ0v) is 11.6. The fourth-order valence-corrected chi connectivity index (χ4v) is 2.37. The minimum Gasteiger partial charge on any atom is -0.349 e. The van der Waals surface area contributed by atoms with Crippen molar-refractivity contribution < 1.29 is 0 Å². The SMILES string of the molecule is CC(C)c1cccc(-c2cnc3ccn(C)c3c2)c1. The van der Waals surface area contributed by atoms with E-state index in [4.69, 9.17) is 0 Å². The zero-order chi connectivity index (χ0) is 13.4. The fourth-order valence-electron chi connectivity index (χ4n) is 2.37. The number of hydrogen-bond donors (Lipinski definition) is 0. The predicted octanol–water partition coefficient (Wildman–Crippen LogP) is 4.36. The highest BCUT2D eigenvalue weighted by molar-refractivity contribution is 5.81. The third-order valence-electron chi connectivity index (χ3n) is 3.62. The molecule has 96 valence electrons. The molecular weight excluding hydrogens is 232 g/mol. The Balaban J connectivity index is 2.13. The molecule has 0 fully saturated rings. The van der Waals surface area contributed by atoms with Crippen molar-refractivity contribution in [3.05, 3.63) is 54.4 Å². The van der Waals surface area contributed by atoms with Crippen LogP contribution in [0.4, 0.5) is 0 Å². The van der Waals surface area contributed by atoms with Gasteiger partial charge in [0.25, 0.3) is 0 Å². The van der Waals surface area contributed by atoms with Crippen LogP contribution in [0.15, 0.2) is 48.8 Å². The molecule has 0 atom stereocenters. The monoisotopic (exact) mass is 250 g/mol. The summed E-state index contributed by atoms with van der Waals surface area (Å²) in [6.45, 7) is 4.44. The molecule has 2 heteroatoms. The van der Waals surface area contributed by atoms with Crippen LogP contribution < -0.4 is 0 Å². The average molecular weight is 250 g/mol. The second-order valence-electron chi connectivity index (χ2n) is 5.34. The smallest absolute Gasteiger partial charge is 0.0881 e. The second-order valence-corrected chi connectivity index (χ2v) is 5.34. The van der Waals surface area contributed by atoms with Crippen LogP contribution in [0.3, 0.4) is 0 Å². The van der Waals surface area contributed by atoms with Gasteiger partial charge in [-0.25, -0.2) is 0 Å². The van der Waals surface area contributed by atoms with E-state index in [1.54, 1.807) is 0 Å². The number of benzene rings is 1. The fraction of sp³-hybridized carbons (Fsp3) is 0.235. The van der Waals surface area contributed by atoms with Gasteiger partial charge in [-0.1, -0.05) is 38.1 Å². The molecule has 0 aliphatic heterocycles. The van der Waals surface area contributed by atoms with Gasteiger partial charge in [0.05, 0.1) is 11.0 Å². The van der Waals surface area contributed by atoms with Gasteiger partial charge in [-0.05, 0) is 29.2 Å². The number of hydrogen-bond acceptors (Lipinski definition) is 1. The summed E-state index contributed by atoms with van der Waals surface area (Å²) in [4.78, 5) is 4.53. The van der Waals surface area contributed by atoms with Crippen LogP contribution in [0.5, 0.6) is 0 Å². The number of nitrogens with zero attached hydrogens (tertiary/aromatic N) is 2. The van der Waals surface area contributed by atoms with Gasteiger partial charge in [0, 0.05) is 25.0 Å². The number of aromatic nitrogens is 2. The Labute approximate surface area is 113 Å². The molecule has 0 unspecified atom stereocenters. The van der Waals surface area contributed by atoms with Gasteiger partial charge < -0.3 is 4.57 Å². The van der Waals surface area contributed by atoms with Gasteiger partial charge in [0.1, 0.15) is 0 Å². The molecule has 1 aromatic carbocycles. The van der Waals surface area contributed by atoms with Gasteiger partial charge in [-0.3, -0.25) is 4.98 Å². The highest BCUT2D eigenvalue weighted by atomic mass is 14.9. The van der Waals surface area contributed by atoms with E-state index in [0.717, 1.165) is 5.52 Å². The Morgan fingerprint density at radius 2 is 1.89 bits per heavy atom. The van der Waals surface area contributed by atoms with E-state index in [1.165, 1.54) is 22.2 Å². The molecule has 0 saturated carbocycles. The van der Waals surface area contributed by atoms with Crippen molar-refractivity contribution in [3.8, 4) is 11.1 Å². The van der Waals surface area contributed by atoms with Gasteiger partial charge in [0.2, 0.25) is 0 Å². The molecule has 0 aliphatic rings. The van der Waals surface area contributed by atoms with E-state index >= 15 is 0 Å². The van der Waals surface area contributed by atoms with E-state index in [1.807, 2.05) is 18.5 Å². The minimum atomic E-state index is 0.548. The topological polar surface area (TPSA) is 17.8 Å². The summed E-state index contributed by atoms with van der Waals surface area (Å²) in [7, 11) is 2.05. The van der Waals surface area contributed by atoms with Crippen LogP contribution in [0, 0.1) is 0 Å². The first-order valence-corrected chi connectivity index (χ1v) is 6.66. The molecule has 0 radical (unpaired) electrons. The predicted molar refractivity (Wildman–Crippen MR) is 80.2 cm³/mol. The first kappa shape index (κ1) is 12.0. The van der Waals surface area contributed by atoms with Gasteiger partial charge >= 0.3 is 0 Å². The summed E-state index contributed by atoms with van der Waals surface area (Å²) in [5, 5.41) is 0. The molecule has 0 spiro atoms. The van der Waals surface area contributed by atoms with Gasteiger partial charge in [0.15, 0.2) is 0 Å². The lowest BCUT2D eigenvalue weighted by Gasteiger charge is -2.08. The number of fused-ring (bicyclic) bond motifs is 1. The van der Waals surface area contributed by atoms with E-state index in [2.05, 4.69) is 60.8 Å². The van der Waals surface area contributed by atoms with Crippen molar-refractivity contribution in [2.75, 3.05) is 0 Å². The minimum absolute atomic E-state index is 0.548. The molecule has 19 heavy (non-hydrogen) atoms. The molecule has 3 rings (SSSR count). The summed E-state index contributed by atoms with van der Waals surface area (Å²) in [5.41, 5.74) is 6.00. The number of pyridine rings is 1. The number of rotatable bonds is 2. The highest BCUT2D eigenvalue weighted by Gasteiger charge is 2.05. The molecule has 2 aromatic heterocycles. The van der Waals surface area contributed by atoms with Crippen LogP contribution in [0.2, 0.25) is 0 Å². The summed E-state index contributed by atoms with van der Waals surface area (Å²) < 4.78 is 2.11. The van der Waals surface area contributed by atoms with E-state index in [9.17, 15) is 0 Å². The molecule has 0 amide bonds. The molecule has 0 saturated heterocycles. The summed E-state index contributed by atoms with van der Waals surface area (Å²) in [6, 6.07) is 13.0. The largest absolute Gasteiger partial charge is 0.349 e. The third kappa shape index (κ3) is 2.14. The van der Waals surface area contributed by atoms with Crippen LogP contribution in [-0.2, 0) is 7.05 Å². The van der Waals surface area contributed by atoms with Crippen LogP contribution in [0.25, 0.3) is 22.2 Å². The Bertz CT molecular complexity index is 723. The summed E-state index contributed by atoms with van der Waals surface area (Å²) >= 11 is 0. The van der Waals surface area contributed by atoms with Gasteiger partial charge in [-0.15, -0.1) is 0 Å². The van der Waals surface area contributed by atoms with Crippen molar-refractivity contribution in [2.24, 2.45) is 7.05 Å². The molecule has 3 aromatic rings. The van der Waals surface area contributed by atoms with Gasteiger partial charge in [-0.2, -0.15) is 0 Å². The lowest BCUT2D eigenvalue weighted by Crippen LogP contribution is -1.90. The third-order valence-corrected chi connectivity index (χ3v) is 3.62. The lowest BCUT2D eigenvalue weighted by molar-refractivity contribution is 0.867. The Morgan fingerprint density at radius 3 is 2.68 bits per heavy atom. The highest BCUT2D eigenvalue weighted by Crippen LogP contribution is 2.26. The molecule has 2 nitrogen and oxygen atoms in total. The maximum Gasteiger partial charge on any atom is 0.0881 e. The molecule has 0 bridgehead atoms. The van der Waals surface area contributed by atoms with Crippen LogP contribution in [-0.4, -0.2) is 9.55 Å². The first-order valence-electron chi connectivity index (χ1n) is 6.66. The van der Waals surface area contributed by atoms with E-state index in [-0.39, 0.29) is 0 Å². The summed E-state index contributed by atoms with van der Waals surface area (Å²) in [6.07, 6.45) is 4.01. The Morgan fingerprint density at radius 1 is 1.05 bits per heavy atom. The maximum absolute atomic E-state index is 4.53. The van der Waals surface area contributed by atoms with Crippen LogP contribution >= 0.6 is 0 Å². The van der Waals surface area contributed by atoms with Crippen molar-refractivity contribution in [1.29, 1.82) is 0 Å². The zero-order valence-electron chi connectivity index (χ0n) is 11.6. The van der Waals surface area contributed by atoms with Crippen molar-refractivity contribution >= 4 is 11.0 Å². The van der Waals surface area contributed by atoms with Crippen LogP contribution in [0.1, 0.15) is 25.3 Å². The van der Waals surface area contributed by atoms with Crippen molar-refractivity contribution in [3.63, 3.8) is 0 Å². The lowest BCUT2D eigenvalue weighted by atomic mass is 9.98. The second kappa shape index (κ2) is 4.54. The quantitative estimate of drug-likeness (QED) is 0.660. The van der Waals surface area contributed by atoms with E-state index < -0.39 is 0 Å². The first-order chi connectivity index (χ1) is 9.15. The molecular formula is C17H18N2. The standard InChI is InChI=1S/C17H18N2/c1-12(2)13-5-4-6-14(9-13)15-10-17-16(18-11-15)7-8-19(17)3/h4-12H,1-3H3. The normalized spacial score (nSPS) is 11.4. The molecule has 2 heterocycles. The molecule has 0 N–H and O–H groups in total.